The molecule has 3 N–H and O–H groups in total. The molecule has 7 heteroatoms. The van der Waals surface area contributed by atoms with Crippen LogP contribution in [0.4, 0.5) is 0 Å². The van der Waals surface area contributed by atoms with Crippen LogP contribution in [0, 0.1) is 5.92 Å². The molecule has 0 bridgehead atoms. The summed E-state index contributed by atoms with van der Waals surface area (Å²) in [6.45, 7) is 8.58. The lowest BCUT2D eigenvalue weighted by molar-refractivity contribution is -0.123. The fourth-order valence-electron chi connectivity index (χ4n) is 4.04. The molecule has 1 amide bonds. The van der Waals surface area contributed by atoms with Gasteiger partial charge in [-0.15, -0.1) is 24.0 Å². The number of primary amides is 1. The third-order valence-electron chi connectivity index (χ3n) is 5.46. The van der Waals surface area contributed by atoms with E-state index < -0.39 is 0 Å². The van der Waals surface area contributed by atoms with Crippen LogP contribution in [0.3, 0.4) is 0 Å². The zero-order valence-corrected chi connectivity index (χ0v) is 19.2. The number of benzene rings is 1. The first-order valence-electron chi connectivity index (χ1n) is 10.3. The second-order valence-electron chi connectivity index (χ2n) is 7.66. The van der Waals surface area contributed by atoms with Crippen molar-refractivity contribution in [2.45, 2.75) is 45.7 Å². The Labute approximate surface area is 186 Å². The van der Waals surface area contributed by atoms with Gasteiger partial charge in [-0.3, -0.25) is 9.69 Å². The summed E-state index contributed by atoms with van der Waals surface area (Å²) in [5.74, 6) is 0.857. The van der Waals surface area contributed by atoms with Crippen molar-refractivity contribution in [2.75, 3.05) is 32.7 Å². The van der Waals surface area contributed by atoms with Gasteiger partial charge < -0.3 is 16.0 Å². The molecule has 0 aromatic heterocycles. The molecule has 2 aliphatic rings. The molecule has 3 rings (SSSR count). The molecule has 2 saturated heterocycles. The van der Waals surface area contributed by atoms with Gasteiger partial charge in [-0.05, 0) is 50.3 Å². The van der Waals surface area contributed by atoms with Gasteiger partial charge in [0.2, 0.25) is 5.91 Å². The minimum atomic E-state index is -0.166. The van der Waals surface area contributed by atoms with Crippen LogP contribution in [0.1, 0.15) is 43.7 Å². The van der Waals surface area contributed by atoms with Crippen LogP contribution >= 0.6 is 24.0 Å². The summed E-state index contributed by atoms with van der Waals surface area (Å²) in [5.41, 5.74) is 8.01. The second-order valence-corrected chi connectivity index (χ2v) is 7.66. The van der Waals surface area contributed by atoms with Crippen molar-refractivity contribution >= 4 is 35.8 Å². The number of hydrogen-bond acceptors (Lipinski definition) is 3. The highest BCUT2D eigenvalue weighted by Crippen LogP contribution is 2.19. The number of guanidine groups is 1. The lowest BCUT2D eigenvalue weighted by atomic mass is 9.97. The summed E-state index contributed by atoms with van der Waals surface area (Å²) in [4.78, 5) is 21.0. The van der Waals surface area contributed by atoms with Crippen molar-refractivity contribution in [3.8, 4) is 0 Å². The number of hydrogen-bond donors (Lipinski definition) is 2. The number of carbonyl (C=O) groups is 1. The van der Waals surface area contributed by atoms with Crippen molar-refractivity contribution in [1.29, 1.82) is 0 Å². The minimum absolute atomic E-state index is 0. The van der Waals surface area contributed by atoms with Crippen LogP contribution in [0.15, 0.2) is 29.3 Å². The van der Waals surface area contributed by atoms with Crippen molar-refractivity contribution < 1.29 is 4.79 Å². The van der Waals surface area contributed by atoms with E-state index in [0.29, 0.717) is 6.54 Å². The van der Waals surface area contributed by atoms with E-state index in [1.165, 1.54) is 24.0 Å². The first-order valence-corrected chi connectivity index (χ1v) is 10.3. The van der Waals surface area contributed by atoms with Gasteiger partial charge in [0, 0.05) is 32.7 Å². The molecule has 1 unspecified atom stereocenters. The van der Waals surface area contributed by atoms with Crippen molar-refractivity contribution in [1.82, 2.24) is 15.1 Å². The summed E-state index contributed by atoms with van der Waals surface area (Å²) in [7, 11) is 0. The summed E-state index contributed by atoms with van der Waals surface area (Å²) >= 11 is 0. The normalized spacial score (nSPS) is 20.7. The lowest BCUT2D eigenvalue weighted by Gasteiger charge is -2.31. The minimum Gasteiger partial charge on any atom is -0.369 e. The van der Waals surface area contributed by atoms with Gasteiger partial charge in [-0.1, -0.05) is 24.3 Å². The van der Waals surface area contributed by atoms with E-state index in [4.69, 9.17) is 10.7 Å². The van der Waals surface area contributed by atoms with Gasteiger partial charge in [-0.25, -0.2) is 4.99 Å². The van der Waals surface area contributed by atoms with Gasteiger partial charge in [0.1, 0.15) is 0 Å². The Bertz CT molecular complexity index is 660. The van der Waals surface area contributed by atoms with Crippen molar-refractivity contribution in [3.05, 3.63) is 35.4 Å². The Kier molecular flexibility index (Phi) is 9.50. The van der Waals surface area contributed by atoms with E-state index >= 15 is 0 Å². The highest BCUT2D eigenvalue weighted by molar-refractivity contribution is 14.0. The van der Waals surface area contributed by atoms with Gasteiger partial charge in [0.25, 0.3) is 0 Å². The molecule has 6 nitrogen and oxygen atoms in total. The third kappa shape index (κ3) is 6.62. The molecule has 0 spiro atoms. The monoisotopic (exact) mass is 499 g/mol. The Morgan fingerprint density at radius 2 is 1.96 bits per heavy atom. The lowest BCUT2D eigenvalue weighted by Crippen LogP contribution is -2.40. The zero-order valence-electron chi connectivity index (χ0n) is 16.9. The molecule has 28 heavy (non-hydrogen) atoms. The van der Waals surface area contributed by atoms with Crippen LogP contribution in [0.2, 0.25) is 0 Å². The number of aliphatic imine (C=N–C) groups is 1. The molecule has 2 aliphatic heterocycles. The molecule has 0 aliphatic carbocycles. The predicted octanol–water partition coefficient (Wildman–Crippen LogP) is 2.56. The van der Waals surface area contributed by atoms with E-state index in [-0.39, 0.29) is 35.8 Å². The number of nitrogens with zero attached hydrogens (tertiary/aromatic N) is 3. The fraction of sp³-hybridized carbons (Fsp3) is 0.619. The highest BCUT2D eigenvalue weighted by Gasteiger charge is 2.23. The van der Waals surface area contributed by atoms with E-state index in [9.17, 15) is 4.79 Å². The number of likely N-dealkylation sites (tertiary alicyclic amines) is 2. The average molecular weight is 499 g/mol. The number of amides is 1. The smallest absolute Gasteiger partial charge is 0.221 e. The standard InChI is InChI=1S/C21H33N5O.HI/c1-2-23-21(26-11-3-4-12-26)24-14-17-7-5-8-18(13-17)15-25-10-6-9-19(16-25)20(22)27;/h5,7-8,13,19H,2-4,6,9-12,14-16H2,1H3,(H2,22,27)(H,23,24);1H. The van der Waals surface area contributed by atoms with Crippen molar-refractivity contribution in [3.63, 3.8) is 0 Å². The van der Waals surface area contributed by atoms with Crippen LogP contribution in [-0.2, 0) is 17.9 Å². The first-order chi connectivity index (χ1) is 13.2. The number of nitrogens with one attached hydrogen (secondary N) is 1. The van der Waals surface area contributed by atoms with E-state index in [1.807, 2.05) is 0 Å². The Balaban J connectivity index is 0.00000280. The van der Waals surface area contributed by atoms with E-state index in [0.717, 1.165) is 58.1 Å². The largest absolute Gasteiger partial charge is 0.369 e. The quantitative estimate of drug-likeness (QED) is 0.359. The first kappa shape index (κ1) is 22.9. The predicted molar refractivity (Wildman–Crippen MR) is 125 cm³/mol. The van der Waals surface area contributed by atoms with E-state index in [1.54, 1.807) is 0 Å². The Hall–Kier alpha value is -1.35. The maximum atomic E-state index is 11.5. The zero-order chi connectivity index (χ0) is 19.1. The van der Waals surface area contributed by atoms with Crippen LogP contribution < -0.4 is 11.1 Å². The fourth-order valence-corrected chi connectivity index (χ4v) is 4.04. The maximum Gasteiger partial charge on any atom is 0.221 e. The summed E-state index contributed by atoms with van der Waals surface area (Å²) in [5, 5.41) is 3.41. The van der Waals surface area contributed by atoms with Gasteiger partial charge in [-0.2, -0.15) is 0 Å². The van der Waals surface area contributed by atoms with Gasteiger partial charge >= 0.3 is 0 Å². The number of carbonyl (C=O) groups excluding carboxylic acids is 1. The summed E-state index contributed by atoms with van der Waals surface area (Å²) in [6.07, 6.45) is 4.47. The molecule has 156 valence electrons. The molecule has 1 atom stereocenters. The third-order valence-corrected chi connectivity index (χ3v) is 5.46. The Morgan fingerprint density at radius 3 is 2.68 bits per heavy atom. The number of nitrogens with two attached hydrogens (primary N) is 1. The SMILES string of the molecule is CCNC(=NCc1cccc(CN2CCCC(C(N)=O)C2)c1)N1CCCC1.I. The number of halogens is 1. The molecule has 1 aromatic carbocycles. The van der Waals surface area contributed by atoms with Crippen molar-refractivity contribution in [2.24, 2.45) is 16.6 Å². The Morgan fingerprint density at radius 1 is 1.21 bits per heavy atom. The molecule has 2 fully saturated rings. The molecule has 2 heterocycles. The highest BCUT2D eigenvalue weighted by atomic mass is 127. The summed E-state index contributed by atoms with van der Waals surface area (Å²) < 4.78 is 0. The maximum absolute atomic E-state index is 11.5. The molecule has 0 radical (unpaired) electrons. The molecule has 1 aromatic rings. The van der Waals surface area contributed by atoms with Gasteiger partial charge in [0.15, 0.2) is 5.96 Å². The van der Waals surface area contributed by atoms with E-state index in [2.05, 4.69) is 46.3 Å². The van der Waals surface area contributed by atoms with Gasteiger partial charge in [0.05, 0.1) is 12.5 Å². The average Bonchev–Trinajstić information content (AvgIpc) is 3.20. The molecular weight excluding hydrogens is 465 g/mol. The van der Waals surface area contributed by atoms with Crippen LogP contribution in [0.5, 0.6) is 0 Å². The van der Waals surface area contributed by atoms with Crippen LogP contribution in [0.25, 0.3) is 0 Å². The van der Waals surface area contributed by atoms with Crippen LogP contribution in [-0.4, -0.2) is 54.4 Å². The molecular formula is C21H34IN5O. The second kappa shape index (κ2) is 11.6. The number of rotatable bonds is 6. The topological polar surface area (TPSA) is 74.0 Å². The number of piperidine rings is 1. The summed E-state index contributed by atoms with van der Waals surface area (Å²) in [6, 6.07) is 8.65. The molecule has 0 saturated carbocycles.